The molecule has 0 fully saturated rings. The zero-order valence-corrected chi connectivity index (χ0v) is 12.1. The van der Waals surface area contributed by atoms with E-state index in [2.05, 4.69) is 41.7 Å². The Morgan fingerprint density at radius 1 is 1.32 bits per heavy atom. The Labute approximate surface area is 115 Å². The lowest BCUT2D eigenvalue weighted by Crippen LogP contribution is -2.35. The third-order valence-corrected chi connectivity index (χ3v) is 3.56. The van der Waals surface area contributed by atoms with Gasteiger partial charge in [-0.2, -0.15) is 0 Å². The van der Waals surface area contributed by atoms with Crippen LogP contribution in [0.15, 0.2) is 29.4 Å². The molecule has 4 N–H and O–H groups in total. The fourth-order valence-corrected chi connectivity index (χ4v) is 1.90. The first kappa shape index (κ1) is 15.5. The third kappa shape index (κ3) is 4.91. The van der Waals surface area contributed by atoms with Gasteiger partial charge in [0.25, 0.3) is 0 Å². The highest BCUT2D eigenvalue weighted by Gasteiger charge is 2.22. The maximum Gasteiger partial charge on any atom is 0.144 e. The Kier molecular flexibility index (Phi) is 5.83. The van der Waals surface area contributed by atoms with Crippen molar-refractivity contribution in [3.05, 3.63) is 35.4 Å². The van der Waals surface area contributed by atoms with E-state index in [1.807, 2.05) is 13.8 Å². The van der Waals surface area contributed by atoms with E-state index >= 15 is 0 Å². The van der Waals surface area contributed by atoms with Crippen LogP contribution in [0.3, 0.4) is 0 Å². The van der Waals surface area contributed by atoms with Gasteiger partial charge in [0.2, 0.25) is 0 Å². The number of nitrogens with zero attached hydrogens (tertiary/aromatic N) is 1. The van der Waals surface area contributed by atoms with Gasteiger partial charge in [-0.1, -0.05) is 43.3 Å². The van der Waals surface area contributed by atoms with Gasteiger partial charge in [-0.05, 0) is 44.0 Å². The van der Waals surface area contributed by atoms with E-state index in [1.165, 1.54) is 11.1 Å². The van der Waals surface area contributed by atoms with Crippen LogP contribution >= 0.6 is 0 Å². The van der Waals surface area contributed by atoms with Crippen LogP contribution in [0, 0.1) is 12.3 Å². The number of rotatable bonds is 7. The van der Waals surface area contributed by atoms with Crippen molar-refractivity contribution < 1.29 is 5.21 Å². The minimum atomic E-state index is -0.273. The minimum absolute atomic E-state index is 0.273. The van der Waals surface area contributed by atoms with E-state index in [0.29, 0.717) is 0 Å². The number of benzene rings is 1. The minimum Gasteiger partial charge on any atom is -0.409 e. The quantitative estimate of drug-likeness (QED) is 0.232. The molecule has 1 rings (SSSR count). The van der Waals surface area contributed by atoms with Crippen molar-refractivity contribution in [3.8, 4) is 0 Å². The highest BCUT2D eigenvalue weighted by atomic mass is 16.4. The molecule has 0 aliphatic heterocycles. The summed E-state index contributed by atoms with van der Waals surface area (Å²) in [5, 5.41) is 15.2. The molecular formula is C15H25N3O. The molecule has 0 saturated carbocycles. The van der Waals surface area contributed by atoms with Crippen molar-refractivity contribution in [1.82, 2.24) is 5.32 Å². The summed E-state index contributed by atoms with van der Waals surface area (Å²) in [4.78, 5) is 0. The molecule has 0 aromatic heterocycles. The third-order valence-electron chi connectivity index (χ3n) is 3.56. The van der Waals surface area contributed by atoms with Crippen LogP contribution < -0.4 is 11.1 Å². The van der Waals surface area contributed by atoms with Gasteiger partial charge in [0.15, 0.2) is 0 Å². The molecule has 4 nitrogen and oxygen atoms in total. The van der Waals surface area contributed by atoms with Crippen LogP contribution in [0.4, 0.5) is 0 Å². The van der Waals surface area contributed by atoms with Crippen LogP contribution in [0.25, 0.3) is 0 Å². The van der Waals surface area contributed by atoms with Gasteiger partial charge < -0.3 is 16.3 Å². The van der Waals surface area contributed by atoms with Crippen molar-refractivity contribution in [1.29, 1.82) is 0 Å². The Hall–Kier alpha value is -1.55. The maximum atomic E-state index is 8.69. The van der Waals surface area contributed by atoms with E-state index in [-0.39, 0.29) is 11.3 Å². The summed E-state index contributed by atoms with van der Waals surface area (Å²) >= 11 is 0. The molecular weight excluding hydrogens is 238 g/mol. The smallest absolute Gasteiger partial charge is 0.144 e. The van der Waals surface area contributed by atoms with Gasteiger partial charge in [-0.15, -0.1) is 0 Å². The summed E-state index contributed by atoms with van der Waals surface area (Å²) in [5.41, 5.74) is 8.09. The second kappa shape index (κ2) is 7.14. The molecule has 4 heteroatoms. The molecule has 0 aliphatic rings. The number of nitrogens with one attached hydrogen (secondary N) is 1. The molecule has 19 heavy (non-hydrogen) atoms. The van der Waals surface area contributed by atoms with Crippen molar-refractivity contribution >= 4 is 5.84 Å². The Morgan fingerprint density at radius 2 is 2.00 bits per heavy atom. The second-order valence-electron chi connectivity index (χ2n) is 5.55. The maximum absolute atomic E-state index is 8.69. The van der Waals surface area contributed by atoms with Gasteiger partial charge in [0.05, 0.1) is 0 Å². The fraction of sp³-hybridized carbons (Fsp3) is 0.533. The number of oxime groups is 1. The predicted molar refractivity (Wildman–Crippen MR) is 79.6 cm³/mol. The molecule has 0 bridgehead atoms. The standard InChI is InChI=1S/C15H25N3O/c1-12-6-4-5-7-13(12)8-10-17-11-9-15(2,3)14(16)18-19/h4-7,17,19H,8-11H2,1-3H3,(H2,16,18). The van der Waals surface area contributed by atoms with Crippen LogP contribution in [0.1, 0.15) is 31.4 Å². The number of hydrogen-bond acceptors (Lipinski definition) is 3. The second-order valence-corrected chi connectivity index (χ2v) is 5.55. The van der Waals surface area contributed by atoms with Crippen LogP contribution in [-0.4, -0.2) is 24.1 Å². The molecule has 106 valence electrons. The van der Waals surface area contributed by atoms with E-state index in [4.69, 9.17) is 10.9 Å². The molecule has 0 amide bonds. The number of aryl methyl sites for hydroxylation is 1. The average molecular weight is 263 g/mol. The Balaban J connectivity index is 2.27. The lowest BCUT2D eigenvalue weighted by molar-refractivity contribution is 0.305. The lowest BCUT2D eigenvalue weighted by Gasteiger charge is -2.22. The highest BCUT2D eigenvalue weighted by Crippen LogP contribution is 2.19. The molecule has 1 aromatic carbocycles. The normalized spacial score (nSPS) is 12.7. The number of nitrogens with two attached hydrogens (primary N) is 1. The molecule has 0 saturated heterocycles. The first-order valence-electron chi connectivity index (χ1n) is 6.70. The molecule has 0 atom stereocenters. The zero-order valence-electron chi connectivity index (χ0n) is 12.1. The molecule has 0 spiro atoms. The Bertz CT molecular complexity index is 427. The van der Waals surface area contributed by atoms with Gasteiger partial charge >= 0.3 is 0 Å². The average Bonchev–Trinajstić information content (AvgIpc) is 2.39. The van der Waals surface area contributed by atoms with E-state index in [1.54, 1.807) is 0 Å². The SMILES string of the molecule is Cc1ccccc1CCNCCC(C)(C)C(N)=NO. The summed E-state index contributed by atoms with van der Waals surface area (Å²) in [7, 11) is 0. The van der Waals surface area contributed by atoms with Gasteiger partial charge in [0.1, 0.15) is 5.84 Å². The summed E-state index contributed by atoms with van der Waals surface area (Å²) < 4.78 is 0. The van der Waals surface area contributed by atoms with Crippen molar-refractivity contribution in [2.24, 2.45) is 16.3 Å². The molecule has 0 aliphatic carbocycles. The van der Waals surface area contributed by atoms with Crippen LogP contribution in [-0.2, 0) is 6.42 Å². The van der Waals surface area contributed by atoms with E-state index in [9.17, 15) is 0 Å². The molecule has 0 unspecified atom stereocenters. The Morgan fingerprint density at radius 3 is 2.63 bits per heavy atom. The molecule has 1 aromatic rings. The summed E-state index contributed by atoms with van der Waals surface area (Å²) in [5.74, 6) is 0.285. The summed E-state index contributed by atoms with van der Waals surface area (Å²) in [6, 6.07) is 8.43. The van der Waals surface area contributed by atoms with Gasteiger partial charge in [-0.3, -0.25) is 0 Å². The molecule has 0 heterocycles. The van der Waals surface area contributed by atoms with Crippen LogP contribution in [0.5, 0.6) is 0 Å². The van der Waals surface area contributed by atoms with E-state index in [0.717, 1.165) is 25.9 Å². The van der Waals surface area contributed by atoms with Gasteiger partial charge in [0, 0.05) is 5.41 Å². The first-order valence-corrected chi connectivity index (χ1v) is 6.70. The van der Waals surface area contributed by atoms with Crippen LogP contribution in [0.2, 0.25) is 0 Å². The highest BCUT2D eigenvalue weighted by molar-refractivity contribution is 5.85. The predicted octanol–water partition coefficient (Wildman–Crippen LogP) is 2.29. The summed E-state index contributed by atoms with van der Waals surface area (Å²) in [6.45, 7) is 7.89. The van der Waals surface area contributed by atoms with Crippen molar-refractivity contribution in [3.63, 3.8) is 0 Å². The topological polar surface area (TPSA) is 70.6 Å². The van der Waals surface area contributed by atoms with Crippen molar-refractivity contribution in [2.45, 2.75) is 33.6 Å². The summed E-state index contributed by atoms with van der Waals surface area (Å²) in [6.07, 6.45) is 1.87. The van der Waals surface area contributed by atoms with E-state index < -0.39 is 0 Å². The monoisotopic (exact) mass is 263 g/mol. The zero-order chi connectivity index (χ0) is 14.3. The number of amidine groups is 1. The first-order chi connectivity index (χ1) is 8.97. The fourth-order valence-electron chi connectivity index (χ4n) is 1.90. The largest absolute Gasteiger partial charge is 0.409 e. The molecule has 0 radical (unpaired) electrons. The lowest BCUT2D eigenvalue weighted by atomic mass is 9.88. The number of hydrogen-bond donors (Lipinski definition) is 3. The van der Waals surface area contributed by atoms with Crippen molar-refractivity contribution in [2.75, 3.05) is 13.1 Å². The van der Waals surface area contributed by atoms with Gasteiger partial charge in [-0.25, -0.2) is 0 Å².